The summed E-state index contributed by atoms with van der Waals surface area (Å²) in [6.07, 6.45) is 2.90. The SMILES string of the molecule is N#Cc1cnn2cc(O)cc(Br)c12. The molecular formula is C8H4BrN3O. The van der Waals surface area contributed by atoms with Gasteiger partial charge in [-0.1, -0.05) is 0 Å². The van der Waals surface area contributed by atoms with Crippen LogP contribution in [0.15, 0.2) is 22.9 Å². The molecule has 4 nitrogen and oxygen atoms in total. The second-order valence-electron chi connectivity index (χ2n) is 2.51. The number of nitrogens with zero attached hydrogens (tertiary/aromatic N) is 3. The number of aromatic nitrogens is 2. The number of aromatic hydroxyl groups is 1. The van der Waals surface area contributed by atoms with Crippen LogP contribution in [0.5, 0.6) is 5.75 Å². The molecule has 1 N–H and O–H groups in total. The lowest BCUT2D eigenvalue weighted by atomic mass is 10.3. The number of hydrogen-bond donors (Lipinski definition) is 1. The van der Waals surface area contributed by atoms with E-state index in [1.807, 2.05) is 6.07 Å². The normalized spacial score (nSPS) is 10.2. The van der Waals surface area contributed by atoms with Gasteiger partial charge in [0, 0.05) is 4.47 Å². The summed E-state index contributed by atoms with van der Waals surface area (Å²) in [5.74, 6) is 0.104. The van der Waals surface area contributed by atoms with E-state index in [0.29, 0.717) is 15.6 Å². The monoisotopic (exact) mass is 237 g/mol. The van der Waals surface area contributed by atoms with Crippen molar-refractivity contribution < 1.29 is 5.11 Å². The van der Waals surface area contributed by atoms with Crippen LogP contribution in [0, 0.1) is 11.3 Å². The van der Waals surface area contributed by atoms with Crippen molar-refractivity contribution in [3.8, 4) is 11.8 Å². The second kappa shape index (κ2) is 2.75. The summed E-state index contributed by atoms with van der Waals surface area (Å²) in [6.45, 7) is 0. The molecule has 2 aromatic heterocycles. The molecule has 2 aromatic rings. The van der Waals surface area contributed by atoms with Gasteiger partial charge >= 0.3 is 0 Å². The molecule has 0 saturated heterocycles. The van der Waals surface area contributed by atoms with Crippen LogP contribution >= 0.6 is 15.9 Å². The Balaban J connectivity index is 2.92. The van der Waals surface area contributed by atoms with E-state index in [-0.39, 0.29) is 5.75 Å². The molecule has 13 heavy (non-hydrogen) atoms. The number of rotatable bonds is 0. The summed E-state index contributed by atoms with van der Waals surface area (Å²) < 4.78 is 2.11. The summed E-state index contributed by atoms with van der Waals surface area (Å²) in [4.78, 5) is 0. The molecule has 2 rings (SSSR count). The molecule has 0 fully saturated rings. The van der Waals surface area contributed by atoms with Crippen LogP contribution in [0.25, 0.3) is 5.52 Å². The number of nitriles is 1. The Hall–Kier alpha value is -1.54. The Kier molecular flexibility index (Phi) is 1.71. The highest BCUT2D eigenvalue weighted by molar-refractivity contribution is 9.10. The summed E-state index contributed by atoms with van der Waals surface area (Å²) in [7, 11) is 0. The van der Waals surface area contributed by atoms with Crippen molar-refractivity contribution in [2.45, 2.75) is 0 Å². The van der Waals surface area contributed by atoms with Crippen molar-refractivity contribution >= 4 is 21.4 Å². The van der Waals surface area contributed by atoms with Crippen LogP contribution in [-0.4, -0.2) is 14.7 Å². The lowest BCUT2D eigenvalue weighted by Crippen LogP contribution is -1.86. The van der Waals surface area contributed by atoms with Gasteiger partial charge in [-0.3, -0.25) is 0 Å². The van der Waals surface area contributed by atoms with E-state index >= 15 is 0 Å². The first-order valence-electron chi connectivity index (χ1n) is 3.48. The average molecular weight is 238 g/mol. The zero-order valence-corrected chi connectivity index (χ0v) is 7.98. The van der Waals surface area contributed by atoms with Crippen molar-refractivity contribution in [3.63, 3.8) is 0 Å². The van der Waals surface area contributed by atoms with E-state index in [1.165, 1.54) is 23.0 Å². The maximum absolute atomic E-state index is 9.22. The Bertz CT molecular complexity index is 512. The van der Waals surface area contributed by atoms with Gasteiger partial charge in [-0.2, -0.15) is 10.4 Å². The van der Waals surface area contributed by atoms with Crippen molar-refractivity contribution in [2.24, 2.45) is 0 Å². The minimum atomic E-state index is 0.104. The van der Waals surface area contributed by atoms with Crippen LogP contribution in [0.1, 0.15) is 5.56 Å². The standard InChI is InChI=1S/C8H4BrN3O/c9-7-1-6(13)4-12-8(7)5(2-10)3-11-12/h1,3-4,13H. The Labute approximate surface area is 82.2 Å². The van der Waals surface area contributed by atoms with Gasteiger partial charge in [0.1, 0.15) is 11.8 Å². The number of halogens is 1. The van der Waals surface area contributed by atoms with E-state index in [9.17, 15) is 5.11 Å². The van der Waals surface area contributed by atoms with Gasteiger partial charge in [-0.25, -0.2) is 4.52 Å². The molecule has 2 heterocycles. The molecule has 0 aliphatic carbocycles. The summed E-state index contributed by atoms with van der Waals surface area (Å²) in [5.41, 5.74) is 1.15. The molecule has 0 amide bonds. The minimum absolute atomic E-state index is 0.104. The smallest absolute Gasteiger partial charge is 0.135 e. The summed E-state index contributed by atoms with van der Waals surface area (Å²) in [6, 6.07) is 3.54. The highest BCUT2D eigenvalue weighted by Gasteiger charge is 2.07. The first-order chi connectivity index (χ1) is 6.22. The Morgan fingerprint density at radius 1 is 1.62 bits per heavy atom. The molecule has 0 saturated carbocycles. The molecule has 0 unspecified atom stereocenters. The van der Waals surface area contributed by atoms with Crippen molar-refractivity contribution in [1.29, 1.82) is 5.26 Å². The zero-order valence-electron chi connectivity index (χ0n) is 6.40. The lowest BCUT2D eigenvalue weighted by molar-refractivity contribution is 0.470. The topological polar surface area (TPSA) is 61.3 Å². The molecule has 0 radical (unpaired) electrons. The third-order valence-electron chi connectivity index (χ3n) is 1.67. The minimum Gasteiger partial charge on any atom is -0.506 e. The third kappa shape index (κ3) is 1.15. The lowest BCUT2D eigenvalue weighted by Gasteiger charge is -1.97. The van der Waals surface area contributed by atoms with Crippen LogP contribution < -0.4 is 0 Å². The van der Waals surface area contributed by atoms with E-state index in [2.05, 4.69) is 21.0 Å². The number of hydrogen-bond acceptors (Lipinski definition) is 3. The highest BCUT2D eigenvalue weighted by atomic mass is 79.9. The maximum atomic E-state index is 9.22. The molecular weight excluding hydrogens is 234 g/mol. The first-order valence-corrected chi connectivity index (χ1v) is 4.27. The van der Waals surface area contributed by atoms with Gasteiger partial charge in [-0.15, -0.1) is 0 Å². The second-order valence-corrected chi connectivity index (χ2v) is 3.36. The largest absolute Gasteiger partial charge is 0.506 e. The Morgan fingerprint density at radius 2 is 2.38 bits per heavy atom. The maximum Gasteiger partial charge on any atom is 0.135 e. The predicted molar refractivity (Wildman–Crippen MR) is 49.3 cm³/mol. The van der Waals surface area contributed by atoms with Crippen LogP contribution in [0.4, 0.5) is 0 Å². The van der Waals surface area contributed by atoms with Gasteiger partial charge in [0.05, 0.1) is 23.5 Å². The van der Waals surface area contributed by atoms with Crippen molar-refractivity contribution in [2.75, 3.05) is 0 Å². The van der Waals surface area contributed by atoms with Gasteiger partial charge < -0.3 is 5.11 Å². The van der Waals surface area contributed by atoms with Gasteiger partial charge in [0.25, 0.3) is 0 Å². The predicted octanol–water partition coefficient (Wildman–Crippen LogP) is 1.67. The highest BCUT2D eigenvalue weighted by Crippen LogP contribution is 2.25. The van der Waals surface area contributed by atoms with E-state index in [0.717, 1.165) is 0 Å². The fraction of sp³-hybridized carbons (Fsp3) is 0. The van der Waals surface area contributed by atoms with Crippen molar-refractivity contribution in [3.05, 3.63) is 28.5 Å². The molecule has 0 aliphatic rings. The molecule has 64 valence electrons. The zero-order chi connectivity index (χ0) is 9.42. The summed E-state index contributed by atoms with van der Waals surface area (Å²) in [5, 5.41) is 21.9. The number of fused-ring (bicyclic) bond motifs is 1. The van der Waals surface area contributed by atoms with Gasteiger partial charge in [-0.05, 0) is 22.0 Å². The van der Waals surface area contributed by atoms with E-state index < -0.39 is 0 Å². The molecule has 0 aromatic carbocycles. The van der Waals surface area contributed by atoms with Crippen LogP contribution in [0.3, 0.4) is 0 Å². The quantitative estimate of drug-likeness (QED) is 0.759. The van der Waals surface area contributed by atoms with E-state index in [4.69, 9.17) is 5.26 Å². The molecule has 0 bridgehead atoms. The fourth-order valence-electron chi connectivity index (χ4n) is 1.14. The molecule has 0 aliphatic heterocycles. The average Bonchev–Trinajstić information content (AvgIpc) is 2.47. The van der Waals surface area contributed by atoms with Crippen LogP contribution in [0.2, 0.25) is 0 Å². The molecule has 5 heteroatoms. The fourth-order valence-corrected chi connectivity index (χ4v) is 1.77. The number of pyridine rings is 1. The third-order valence-corrected chi connectivity index (χ3v) is 2.28. The molecule has 0 atom stereocenters. The Morgan fingerprint density at radius 3 is 3.08 bits per heavy atom. The first kappa shape index (κ1) is 8.08. The van der Waals surface area contributed by atoms with E-state index in [1.54, 1.807) is 0 Å². The van der Waals surface area contributed by atoms with Crippen LogP contribution in [-0.2, 0) is 0 Å². The summed E-state index contributed by atoms with van der Waals surface area (Å²) >= 11 is 3.25. The van der Waals surface area contributed by atoms with Gasteiger partial charge in [0.2, 0.25) is 0 Å². The van der Waals surface area contributed by atoms with Crippen molar-refractivity contribution in [1.82, 2.24) is 9.61 Å². The molecule has 0 spiro atoms. The van der Waals surface area contributed by atoms with Gasteiger partial charge in [0.15, 0.2) is 0 Å².